The van der Waals surface area contributed by atoms with Crippen LogP contribution >= 0.6 is 18.8 Å². The lowest BCUT2D eigenvalue weighted by Gasteiger charge is -2.32. The van der Waals surface area contributed by atoms with Gasteiger partial charge in [0, 0.05) is 19.4 Å². The summed E-state index contributed by atoms with van der Waals surface area (Å²) in [6.45, 7) is 2.28. The third kappa shape index (κ3) is 4.10. The normalized spacial score (nSPS) is 27.4. The number of fused-ring (bicyclic) bond motifs is 1. The molecule has 4 N–H and O–H groups in total. The van der Waals surface area contributed by atoms with Crippen molar-refractivity contribution in [3.63, 3.8) is 0 Å². The first-order valence-electron chi connectivity index (χ1n) is 8.94. The molecule has 2 aromatic heterocycles. The summed E-state index contributed by atoms with van der Waals surface area (Å²) in [5, 5.41) is -0.679. The lowest BCUT2D eigenvalue weighted by atomic mass is 10.1. The molecule has 0 bridgehead atoms. The Morgan fingerprint density at radius 1 is 1.28 bits per heavy atom. The van der Waals surface area contributed by atoms with Crippen molar-refractivity contribution in [3.8, 4) is 0 Å². The van der Waals surface area contributed by atoms with Gasteiger partial charge in [-0.15, -0.1) is 0 Å². The van der Waals surface area contributed by atoms with E-state index in [9.17, 15) is 4.57 Å². The molecule has 5 atom stereocenters. The molecule has 1 aliphatic rings. The van der Waals surface area contributed by atoms with Crippen molar-refractivity contribution >= 4 is 41.7 Å². The number of rotatable bonds is 6. The molecule has 0 radical (unpaired) electrons. The second-order valence-corrected chi connectivity index (χ2v) is 11.9. The van der Waals surface area contributed by atoms with Crippen molar-refractivity contribution in [2.45, 2.75) is 50.5 Å². The average molecular weight is 446 g/mol. The lowest BCUT2D eigenvalue weighted by Crippen LogP contribution is -2.38. The number of thiol groups is 1. The average Bonchev–Trinajstić information content (AvgIpc) is 3.15. The number of aromatic nitrogens is 4. The van der Waals surface area contributed by atoms with Crippen LogP contribution in [0.3, 0.4) is 0 Å². The van der Waals surface area contributed by atoms with E-state index in [-0.39, 0.29) is 18.4 Å². The summed E-state index contributed by atoms with van der Waals surface area (Å²) in [4.78, 5) is 12.4. The minimum Gasteiger partial charge on any atom is -0.382 e. The highest BCUT2D eigenvalue weighted by Crippen LogP contribution is 2.64. The Hall–Kier alpha value is -1.43. The maximum Gasteiger partial charge on any atom is 0.260 e. The van der Waals surface area contributed by atoms with Crippen molar-refractivity contribution in [3.05, 3.63) is 6.33 Å². The van der Waals surface area contributed by atoms with Gasteiger partial charge >= 0.3 is 0 Å². The highest BCUT2D eigenvalue weighted by molar-refractivity contribution is 8.46. The molecule has 13 heteroatoms. The smallest absolute Gasteiger partial charge is 0.260 e. The standard InChI is InChI=1S/C16H27N6O5PS/c1-16(2,3)28(23,29)27-10-8(6-24-4)26-14(11(10)25-5)22-7-19-9-12(17)20-15(18)21-13(9)22/h7-8,10-11,14H,6H2,1-5H3,(H,23,29)(H4,17,18,20,21). The second-order valence-electron chi connectivity index (χ2n) is 7.77. The van der Waals surface area contributed by atoms with Crippen LogP contribution in [0.5, 0.6) is 0 Å². The van der Waals surface area contributed by atoms with Crippen LogP contribution in [-0.2, 0) is 23.3 Å². The first-order valence-corrected chi connectivity index (χ1v) is 11.7. The molecule has 0 aliphatic carbocycles. The molecule has 0 saturated carbocycles. The second kappa shape index (κ2) is 8.01. The SMILES string of the molecule is COCC1OC(n2cnc3c(N)nc(N)nc32)C(OC)C1OP(=O)(S)C(C)(C)C. The molecule has 29 heavy (non-hydrogen) atoms. The first kappa shape index (κ1) is 22.3. The molecule has 1 fully saturated rings. The van der Waals surface area contributed by atoms with E-state index in [1.807, 2.05) is 0 Å². The van der Waals surface area contributed by atoms with E-state index in [4.69, 9.17) is 30.2 Å². The van der Waals surface area contributed by atoms with Gasteiger partial charge in [-0.25, -0.2) is 4.98 Å². The van der Waals surface area contributed by atoms with Gasteiger partial charge in [0.2, 0.25) is 5.95 Å². The molecule has 0 aromatic carbocycles. The Kier molecular flexibility index (Phi) is 6.15. The van der Waals surface area contributed by atoms with E-state index < -0.39 is 36.3 Å². The maximum atomic E-state index is 13.1. The Morgan fingerprint density at radius 3 is 2.55 bits per heavy atom. The fourth-order valence-corrected chi connectivity index (χ4v) is 4.30. The van der Waals surface area contributed by atoms with Gasteiger partial charge in [-0.1, -0.05) is 33.0 Å². The van der Waals surface area contributed by atoms with Crippen molar-refractivity contribution in [1.82, 2.24) is 19.5 Å². The maximum absolute atomic E-state index is 13.1. The topological polar surface area (TPSA) is 150 Å². The monoisotopic (exact) mass is 446 g/mol. The predicted molar refractivity (Wildman–Crippen MR) is 112 cm³/mol. The van der Waals surface area contributed by atoms with E-state index in [2.05, 4.69) is 27.2 Å². The van der Waals surface area contributed by atoms with Crippen LogP contribution in [0, 0.1) is 0 Å². The van der Waals surface area contributed by atoms with Crippen molar-refractivity contribution in [2.75, 3.05) is 32.3 Å². The summed E-state index contributed by atoms with van der Waals surface area (Å²) in [5.41, 5.74) is 12.4. The Labute approximate surface area is 174 Å². The third-order valence-electron chi connectivity index (χ3n) is 4.74. The number of methoxy groups -OCH3 is 2. The zero-order chi connectivity index (χ0) is 21.6. The van der Waals surface area contributed by atoms with Gasteiger partial charge in [-0.2, -0.15) is 9.97 Å². The van der Waals surface area contributed by atoms with Gasteiger partial charge < -0.3 is 30.2 Å². The number of imidazole rings is 1. The van der Waals surface area contributed by atoms with Gasteiger partial charge in [0.25, 0.3) is 6.57 Å². The molecular formula is C16H27N6O5PS. The zero-order valence-corrected chi connectivity index (χ0v) is 18.8. The van der Waals surface area contributed by atoms with Crippen molar-refractivity contribution in [2.24, 2.45) is 0 Å². The number of nitrogens with zero attached hydrogens (tertiary/aromatic N) is 4. The van der Waals surface area contributed by atoms with Crippen LogP contribution in [-0.4, -0.2) is 63.8 Å². The number of hydrogen-bond acceptors (Lipinski definition) is 10. The number of ether oxygens (including phenoxy) is 3. The summed E-state index contributed by atoms with van der Waals surface area (Å²) < 4.78 is 37.9. The fourth-order valence-electron chi connectivity index (χ4n) is 3.07. The summed E-state index contributed by atoms with van der Waals surface area (Å²) >= 11 is 4.33. The molecule has 0 spiro atoms. The van der Waals surface area contributed by atoms with Gasteiger partial charge in [0.15, 0.2) is 17.7 Å². The molecule has 3 heterocycles. The minimum absolute atomic E-state index is 0.0116. The predicted octanol–water partition coefficient (Wildman–Crippen LogP) is 1.86. The van der Waals surface area contributed by atoms with Gasteiger partial charge in [-0.3, -0.25) is 9.13 Å². The Balaban J connectivity index is 2.02. The number of nitrogens with two attached hydrogens (primary N) is 2. The van der Waals surface area contributed by atoms with Crippen molar-refractivity contribution in [1.29, 1.82) is 0 Å². The molecule has 1 saturated heterocycles. The molecule has 5 unspecified atom stereocenters. The van der Waals surface area contributed by atoms with Crippen LogP contribution in [0.4, 0.5) is 11.8 Å². The van der Waals surface area contributed by atoms with Crippen LogP contribution in [0.2, 0.25) is 0 Å². The van der Waals surface area contributed by atoms with Gasteiger partial charge in [-0.05, 0) is 0 Å². The van der Waals surface area contributed by atoms with Gasteiger partial charge in [0.05, 0.1) is 12.9 Å². The highest BCUT2D eigenvalue weighted by Gasteiger charge is 2.51. The molecule has 11 nitrogen and oxygen atoms in total. The first-order chi connectivity index (χ1) is 13.5. The molecule has 1 aliphatic heterocycles. The minimum atomic E-state index is -3.32. The summed E-state index contributed by atoms with van der Waals surface area (Å²) in [6.07, 6.45) is -1.10. The summed E-state index contributed by atoms with van der Waals surface area (Å²) in [5.74, 6) is 0.171. The van der Waals surface area contributed by atoms with Crippen LogP contribution in [0.25, 0.3) is 11.2 Å². The number of hydrogen-bond donors (Lipinski definition) is 3. The van der Waals surface area contributed by atoms with Crippen LogP contribution in [0.1, 0.15) is 27.0 Å². The number of nitrogen functional groups attached to an aromatic ring is 2. The Morgan fingerprint density at radius 2 is 1.97 bits per heavy atom. The van der Waals surface area contributed by atoms with E-state index in [1.54, 1.807) is 32.4 Å². The fraction of sp³-hybridized carbons (Fsp3) is 0.688. The van der Waals surface area contributed by atoms with Gasteiger partial charge in [0.1, 0.15) is 23.8 Å². The van der Waals surface area contributed by atoms with Crippen LogP contribution in [0.15, 0.2) is 6.33 Å². The summed E-state index contributed by atoms with van der Waals surface area (Å²) in [7, 11) is 3.06. The van der Waals surface area contributed by atoms with E-state index in [0.29, 0.717) is 11.2 Å². The molecular weight excluding hydrogens is 419 g/mol. The lowest BCUT2D eigenvalue weighted by molar-refractivity contribution is -0.0628. The number of anilines is 2. The summed E-state index contributed by atoms with van der Waals surface area (Å²) in [6, 6.07) is 0. The zero-order valence-electron chi connectivity index (χ0n) is 17.0. The quantitative estimate of drug-likeness (QED) is 0.443. The molecule has 0 amide bonds. The third-order valence-corrected chi connectivity index (χ3v) is 9.05. The highest BCUT2D eigenvalue weighted by atomic mass is 32.7. The molecule has 3 rings (SSSR count). The van der Waals surface area contributed by atoms with E-state index >= 15 is 0 Å². The largest absolute Gasteiger partial charge is 0.382 e. The van der Waals surface area contributed by atoms with Crippen molar-refractivity contribution < 1.29 is 23.3 Å². The van der Waals surface area contributed by atoms with E-state index in [0.717, 1.165) is 0 Å². The Bertz CT molecular complexity index is 934. The molecule has 162 valence electrons. The van der Waals surface area contributed by atoms with Crippen LogP contribution < -0.4 is 11.5 Å². The molecule has 2 aromatic rings. The van der Waals surface area contributed by atoms with E-state index in [1.165, 1.54) is 13.4 Å².